The SMILES string of the molecule is [CH2]CCCC1CCCCC1.[MgH2]. The van der Waals surface area contributed by atoms with Crippen LogP contribution in [0.2, 0.25) is 0 Å². The van der Waals surface area contributed by atoms with E-state index in [9.17, 15) is 0 Å². The molecule has 0 saturated heterocycles. The summed E-state index contributed by atoms with van der Waals surface area (Å²) in [4.78, 5) is 0. The molecule has 0 nitrogen and oxygen atoms in total. The second kappa shape index (κ2) is 7.42. The Balaban J connectivity index is 0.000001000. The Bertz CT molecular complexity index is 74.9. The standard InChI is InChI=1S/C10H19.Mg.2H/c1-2-3-7-10-8-5-4-6-9-10;;;/h10H,1-9H2;;;. The lowest BCUT2D eigenvalue weighted by Gasteiger charge is -2.20. The lowest BCUT2D eigenvalue weighted by Crippen LogP contribution is -2.05. The van der Waals surface area contributed by atoms with Crippen LogP contribution < -0.4 is 0 Å². The van der Waals surface area contributed by atoms with E-state index in [1.54, 1.807) is 0 Å². The molecule has 0 atom stereocenters. The van der Waals surface area contributed by atoms with Gasteiger partial charge in [0.1, 0.15) is 0 Å². The minimum absolute atomic E-state index is 0. The van der Waals surface area contributed by atoms with Crippen molar-refractivity contribution in [2.24, 2.45) is 5.92 Å². The van der Waals surface area contributed by atoms with Crippen LogP contribution in [0.25, 0.3) is 0 Å². The summed E-state index contributed by atoms with van der Waals surface area (Å²) in [5.41, 5.74) is 0. The maximum absolute atomic E-state index is 3.87. The Labute approximate surface area is 87.3 Å². The van der Waals surface area contributed by atoms with Gasteiger partial charge in [0.15, 0.2) is 0 Å². The fourth-order valence-corrected chi connectivity index (χ4v) is 1.91. The second-order valence-corrected chi connectivity index (χ2v) is 3.50. The Hall–Kier alpha value is 0.766. The highest BCUT2D eigenvalue weighted by atomic mass is 24.3. The van der Waals surface area contributed by atoms with Gasteiger partial charge < -0.3 is 0 Å². The van der Waals surface area contributed by atoms with E-state index in [0.717, 1.165) is 12.3 Å². The van der Waals surface area contributed by atoms with Crippen molar-refractivity contribution in [3.05, 3.63) is 6.92 Å². The Morgan fingerprint density at radius 1 is 1.09 bits per heavy atom. The summed E-state index contributed by atoms with van der Waals surface area (Å²) < 4.78 is 0. The van der Waals surface area contributed by atoms with Crippen molar-refractivity contribution in [2.45, 2.75) is 51.4 Å². The molecule has 0 heterocycles. The van der Waals surface area contributed by atoms with Crippen molar-refractivity contribution in [3.63, 3.8) is 0 Å². The van der Waals surface area contributed by atoms with Crippen LogP contribution >= 0.6 is 0 Å². The van der Waals surface area contributed by atoms with E-state index in [0.29, 0.717) is 0 Å². The largest absolute Gasteiger partial charge is 0.316 e. The van der Waals surface area contributed by atoms with Gasteiger partial charge in [-0.15, -0.1) is 0 Å². The predicted octanol–water partition coefficient (Wildman–Crippen LogP) is 2.65. The quantitative estimate of drug-likeness (QED) is 0.564. The molecule has 0 aromatic heterocycles. The fourth-order valence-electron chi connectivity index (χ4n) is 1.91. The van der Waals surface area contributed by atoms with Crippen LogP contribution in [0.3, 0.4) is 0 Å². The molecule has 1 radical (unpaired) electrons. The molecule has 1 rings (SSSR count). The molecular formula is C10H21Mg. The third kappa shape index (κ3) is 5.08. The van der Waals surface area contributed by atoms with Gasteiger partial charge in [-0.2, -0.15) is 0 Å². The highest BCUT2D eigenvalue weighted by molar-refractivity contribution is 5.75. The zero-order valence-corrected chi connectivity index (χ0v) is 6.94. The monoisotopic (exact) mass is 165 g/mol. The fraction of sp³-hybridized carbons (Fsp3) is 0.900. The zero-order valence-electron chi connectivity index (χ0n) is 6.94. The lowest BCUT2D eigenvalue weighted by atomic mass is 9.86. The van der Waals surface area contributed by atoms with Crippen molar-refractivity contribution < 1.29 is 0 Å². The highest BCUT2D eigenvalue weighted by Gasteiger charge is 2.11. The summed E-state index contributed by atoms with van der Waals surface area (Å²) in [6.45, 7) is 3.87. The van der Waals surface area contributed by atoms with Crippen molar-refractivity contribution in [3.8, 4) is 0 Å². The molecule has 0 N–H and O–H groups in total. The summed E-state index contributed by atoms with van der Waals surface area (Å²) >= 11 is 0. The summed E-state index contributed by atoms with van der Waals surface area (Å²) in [6, 6.07) is 0. The molecule has 0 aliphatic heterocycles. The van der Waals surface area contributed by atoms with Gasteiger partial charge in [-0.1, -0.05) is 58.3 Å². The maximum atomic E-state index is 3.87. The molecule has 1 aliphatic rings. The summed E-state index contributed by atoms with van der Waals surface area (Å²) in [7, 11) is 0. The first-order chi connectivity index (χ1) is 4.93. The Kier molecular flexibility index (Phi) is 7.93. The van der Waals surface area contributed by atoms with Crippen LogP contribution in [0, 0.1) is 12.8 Å². The van der Waals surface area contributed by atoms with Gasteiger partial charge >= 0.3 is 23.1 Å². The van der Waals surface area contributed by atoms with E-state index >= 15 is 0 Å². The molecule has 1 aliphatic carbocycles. The third-order valence-electron chi connectivity index (χ3n) is 2.59. The van der Waals surface area contributed by atoms with Crippen molar-refractivity contribution in [1.82, 2.24) is 0 Å². The van der Waals surface area contributed by atoms with Crippen molar-refractivity contribution in [2.75, 3.05) is 0 Å². The number of hydrogen-bond acceptors (Lipinski definition) is 0. The van der Waals surface area contributed by atoms with Gasteiger partial charge in [0.2, 0.25) is 0 Å². The van der Waals surface area contributed by atoms with Crippen LogP contribution in [0.15, 0.2) is 0 Å². The summed E-state index contributed by atoms with van der Waals surface area (Å²) in [5.74, 6) is 1.07. The van der Waals surface area contributed by atoms with E-state index in [-0.39, 0.29) is 23.1 Å². The molecule has 0 aromatic rings. The van der Waals surface area contributed by atoms with Gasteiger partial charge in [-0.3, -0.25) is 0 Å². The number of rotatable bonds is 3. The minimum Gasteiger partial charge on any atom is -0.0533 e. The Morgan fingerprint density at radius 3 is 2.27 bits per heavy atom. The molecule has 0 bridgehead atoms. The first-order valence-electron chi connectivity index (χ1n) is 4.72. The van der Waals surface area contributed by atoms with E-state index in [4.69, 9.17) is 0 Å². The van der Waals surface area contributed by atoms with E-state index < -0.39 is 0 Å². The second-order valence-electron chi connectivity index (χ2n) is 3.50. The highest BCUT2D eigenvalue weighted by Crippen LogP contribution is 2.27. The first-order valence-corrected chi connectivity index (χ1v) is 4.72. The van der Waals surface area contributed by atoms with Crippen LogP contribution in [0.4, 0.5) is 0 Å². The van der Waals surface area contributed by atoms with Crippen LogP contribution in [0.1, 0.15) is 51.4 Å². The number of hydrogen-bond donors (Lipinski definition) is 0. The molecule has 11 heavy (non-hydrogen) atoms. The topological polar surface area (TPSA) is 0 Å². The van der Waals surface area contributed by atoms with Gasteiger partial charge in [-0.05, 0) is 5.92 Å². The average molecular weight is 166 g/mol. The van der Waals surface area contributed by atoms with Gasteiger partial charge in [0, 0.05) is 0 Å². The minimum atomic E-state index is 0. The molecule has 0 unspecified atom stereocenters. The molecule has 0 amide bonds. The number of unbranched alkanes of at least 4 members (excludes halogenated alkanes) is 1. The molecule has 63 valence electrons. The normalized spacial score (nSPS) is 19.4. The van der Waals surface area contributed by atoms with E-state index in [1.165, 1.54) is 44.9 Å². The van der Waals surface area contributed by atoms with Crippen LogP contribution in [-0.2, 0) is 0 Å². The molecule has 1 fully saturated rings. The molecule has 1 heteroatoms. The third-order valence-corrected chi connectivity index (χ3v) is 2.59. The van der Waals surface area contributed by atoms with E-state index in [1.807, 2.05) is 0 Å². The van der Waals surface area contributed by atoms with Gasteiger partial charge in [0.05, 0.1) is 0 Å². The molecule has 1 saturated carbocycles. The molecule has 0 spiro atoms. The lowest BCUT2D eigenvalue weighted by molar-refractivity contribution is 0.333. The Morgan fingerprint density at radius 2 is 1.73 bits per heavy atom. The predicted molar refractivity (Wildman–Crippen MR) is 54.3 cm³/mol. The van der Waals surface area contributed by atoms with Crippen molar-refractivity contribution >= 4 is 23.1 Å². The first kappa shape index (κ1) is 11.8. The zero-order chi connectivity index (χ0) is 7.23. The summed E-state index contributed by atoms with van der Waals surface area (Å²) in [6.07, 6.45) is 11.4. The van der Waals surface area contributed by atoms with Crippen LogP contribution in [0.5, 0.6) is 0 Å². The molecular weight excluding hydrogens is 144 g/mol. The van der Waals surface area contributed by atoms with Gasteiger partial charge in [0.25, 0.3) is 0 Å². The smallest absolute Gasteiger partial charge is 0.0533 e. The van der Waals surface area contributed by atoms with Gasteiger partial charge in [-0.25, -0.2) is 0 Å². The van der Waals surface area contributed by atoms with Crippen LogP contribution in [-0.4, -0.2) is 23.1 Å². The average Bonchev–Trinajstić information content (AvgIpc) is 2.03. The maximum Gasteiger partial charge on any atom is 0.316 e. The van der Waals surface area contributed by atoms with E-state index in [2.05, 4.69) is 6.92 Å². The summed E-state index contributed by atoms with van der Waals surface area (Å²) in [5, 5.41) is 0. The molecule has 0 aromatic carbocycles. The van der Waals surface area contributed by atoms with Crippen molar-refractivity contribution in [1.29, 1.82) is 0 Å².